The van der Waals surface area contributed by atoms with E-state index in [4.69, 9.17) is 0 Å². The van der Waals surface area contributed by atoms with Gasteiger partial charge in [0.2, 0.25) is 0 Å². The van der Waals surface area contributed by atoms with Crippen molar-refractivity contribution in [1.82, 2.24) is 10.6 Å². The first kappa shape index (κ1) is 11.6. The van der Waals surface area contributed by atoms with E-state index in [2.05, 4.69) is 23.8 Å². The normalized spacial score (nSPS) is 17.2. The zero-order valence-electron chi connectivity index (χ0n) is 9.64. The maximum atomic E-state index is 4.05. The van der Waals surface area contributed by atoms with Gasteiger partial charge in [0.05, 0.1) is 11.4 Å². The predicted molar refractivity (Wildman–Crippen MR) is 66.1 cm³/mol. The molecule has 0 spiro atoms. The minimum Gasteiger partial charge on any atom is -0.387 e. The van der Waals surface area contributed by atoms with Crippen LogP contribution in [0.25, 0.3) is 0 Å². The topological polar surface area (TPSA) is 24.1 Å². The van der Waals surface area contributed by atoms with Crippen molar-refractivity contribution in [3.63, 3.8) is 0 Å². The summed E-state index contributed by atoms with van der Waals surface area (Å²) in [7, 11) is 1.91. The molecule has 1 aliphatic rings. The Bertz CT molecular complexity index is 306. The largest absolute Gasteiger partial charge is 0.387 e. The number of likely N-dealkylation sites (N-methyl/N-ethyl adjacent to an activating group) is 1. The molecule has 0 aromatic carbocycles. The van der Waals surface area contributed by atoms with Gasteiger partial charge in [-0.05, 0) is 31.8 Å². The van der Waals surface area contributed by atoms with Crippen molar-refractivity contribution >= 4 is 0 Å². The minimum absolute atomic E-state index is 0.660. The molecule has 1 rings (SSSR count). The lowest BCUT2D eigenvalue weighted by atomic mass is 10.2. The Morgan fingerprint density at radius 2 is 2.00 bits per heavy atom. The van der Waals surface area contributed by atoms with Crippen LogP contribution in [0.3, 0.4) is 0 Å². The van der Waals surface area contributed by atoms with E-state index >= 15 is 0 Å². The molecule has 1 saturated carbocycles. The van der Waals surface area contributed by atoms with Crippen LogP contribution in [-0.2, 0) is 0 Å². The molecule has 0 saturated heterocycles. The van der Waals surface area contributed by atoms with Crippen molar-refractivity contribution in [2.24, 2.45) is 5.92 Å². The number of hydrogen-bond acceptors (Lipinski definition) is 2. The molecule has 82 valence electrons. The molecule has 2 nitrogen and oxygen atoms in total. The SMILES string of the molecule is C=C/C=C(NC(=C)C1CC1)\C(=C/C)NC. The summed E-state index contributed by atoms with van der Waals surface area (Å²) in [6.07, 6.45) is 8.29. The molecule has 0 aromatic heterocycles. The molecule has 0 radical (unpaired) electrons. The lowest BCUT2D eigenvalue weighted by Crippen LogP contribution is -2.20. The molecule has 15 heavy (non-hydrogen) atoms. The van der Waals surface area contributed by atoms with Crippen LogP contribution >= 0.6 is 0 Å². The highest BCUT2D eigenvalue weighted by Crippen LogP contribution is 2.34. The standard InChI is InChI=1S/C13H20N2/c1-5-7-13(12(6-2)14-4)15-10(3)11-8-9-11/h5-7,11,14-15H,1,3,8-9H2,2,4H3/b12-6+,13-7+. The number of nitrogens with one attached hydrogen (secondary N) is 2. The molecule has 1 fully saturated rings. The highest BCUT2D eigenvalue weighted by Gasteiger charge is 2.25. The van der Waals surface area contributed by atoms with Gasteiger partial charge >= 0.3 is 0 Å². The van der Waals surface area contributed by atoms with Gasteiger partial charge in [-0.15, -0.1) is 0 Å². The molecule has 2 heteroatoms. The lowest BCUT2D eigenvalue weighted by molar-refractivity contribution is 0.826. The van der Waals surface area contributed by atoms with E-state index in [1.54, 1.807) is 6.08 Å². The second kappa shape index (κ2) is 5.44. The van der Waals surface area contributed by atoms with Crippen LogP contribution in [0.1, 0.15) is 19.8 Å². The van der Waals surface area contributed by atoms with E-state index in [1.165, 1.54) is 12.8 Å². The van der Waals surface area contributed by atoms with Gasteiger partial charge < -0.3 is 10.6 Å². The lowest BCUT2D eigenvalue weighted by Gasteiger charge is -2.15. The summed E-state index contributed by atoms with van der Waals surface area (Å²) in [6.45, 7) is 9.77. The summed E-state index contributed by atoms with van der Waals surface area (Å²) in [6, 6.07) is 0. The fourth-order valence-corrected chi connectivity index (χ4v) is 1.46. The Hall–Kier alpha value is -1.44. The summed E-state index contributed by atoms with van der Waals surface area (Å²) >= 11 is 0. The summed E-state index contributed by atoms with van der Waals surface area (Å²) in [5.74, 6) is 0.660. The van der Waals surface area contributed by atoms with E-state index < -0.39 is 0 Å². The third kappa shape index (κ3) is 3.31. The van der Waals surface area contributed by atoms with Crippen LogP contribution in [0.2, 0.25) is 0 Å². The Labute approximate surface area is 92.5 Å². The third-order valence-electron chi connectivity index (χ3n) is 2.50. The van der Waals surface area contributed by atoms with Crippen molar-refractivity contribution in [3.8, 4) is 0 Å². The van der Waals surface area contributed by atoms with E-state index in [1.807, 2.05) is 26.1 Å². The minimum atomic E-state index is 0.660. The van der Waals surface area contributed by atoms with Crippen molar-refractivity contribution in [3.05, 3.63) is 48.5 Å². The van der Waals surface area contributed by atoms with Crippen molar-refractivity contribution in [2.75, 3.05) is 7.05 Å². The van der Waals surface area contributed by atoms with Gasteiger partial charge in [0.25, 0.3) is 0 Å². The fourth-order valence-electron chi connectivity index (χ4n) is 1.46. The van der Waals surface area contributed by atoms with Gasteiger partial charge in [-0.25, -0.2) is 0 Å². The number of allylic oxidation sites excluding steroid dienone is 4. The van der Waals surface area contributed by atoms with Gasteiger partial charge in [0, 0.05) is 12.7 Å². The van der Waals surface area contributed by atoms with Gasteiger partial charge in [-0.2, -0.15) is 0 Å². The third-order valence-corrected chi connectivity index (χ3v) is 2.50. The zero-order valence-corrected chi connectivity index (χ0v) is 9.64. The number of rotatable bonds is 6. The number of hydrogen-bond donors (Lipinski definition) is 2. The van der Waals surface area contributed by atoms with E-state index in [9.17, 15) is 0 Å². The van der Waals surface area contributed by atoms with E-state index in [0.29, 0.717) is 5.92 Å². The van der Waals surface area contributed by atoms with Crippen LogP contribution < -0.4 is 10.6 Å². The highest BCUT2D eigenvalue weighted by molar-refractivity contribution is 5.33. The van der Waals surface area contributed by atoms with Crippen LogP contribution in [0, 0.1) is 5.92 Å². The fraction of sp³-hybridized carbons (Fsp3) is 0.385. The van der Waals surface area contributed by atoms with Gasteiger partial charge in [0.1, 0.15) is 0 Å². The summed E-state index contributed by atoms with van der Waals surface area (Å²) in [4.78, 5) is 0. The first-order chi connectivity index (χ1) is 7.22. The molecular weight excluding hydrogens is 184 g/mol. The van der Waals surface area contributed by atoms with Crippen LogP contribution in [-0.4, -0.2) is 7.05 Å². The van der Waals surface area contributed by atoms with Gasteiger partial charge in [0.15, 0.2) is 0 Å². The monoisotopic (exact) mass is 204 g/mol. The van der Waals surface area contributed by atoms with Crippen LogP contribution in [0.5, 0.6) is 0 Å². The Kier molecular flexibility index (Phi) is 4.22. The Morgan fingerprint density at radius 3 is 2.40 bits per heavy atom. The predicted octanol–water partition coefficient (Wildman–Crippen LogP) is 2.69. The Balaban J connectivity index is 2.69. The average molecular weight is 204 g/mol. The quantitative estimate of drug-likeness (QED) is 0.650. The average Bonchev–Trinajstić information content (AvgIpc) is 3.03. The van der Waals surface area contributed by atoms with E-state index in [0.717, 1.165) is 17.1 Å². The van der Waals surface area contributed by atoms with Gasteiger partial charge in [-0.3, -0.25) is 0 Å². The molecule has 1 aliphatic carbocycles. The summed E-state index contributed by atoms with van der Waals surface area (Å²) < 4.78 is 0. The van der Waals surface area contributed by atoms with Crippen molar-refractivity contribution in [2.45, 2.75) is 19.8 Å². The summed E-state index contributed by atoms with van der Waals surface area (Å²) in [5, 5.41) is 6.49. The van der Waals surface area contributed by atoms with E-state index in [-0.39, 0.29) is 0 Å². The van der Waals surface area contributed by atoms with Crippen LogP contribution in [0.15, 0.2) is 48.5 Å². The zero-order chi connectivity index (χ0) is 11.3. The molecule has 0 aromatic rings. The maximum absolute atomic E-state index is 4.05. The molecule has 0 bridgehead atoms. The second-order valence-corrected chi connectivity index (χ2v) is 3.69. The first-order valence-corrected chi connectivity index (χ1v) is 5.36. The Morgan fingerprint density at radius 1 is 1.33 bits per heavy atom. The summed E-state index contributed by atoms with van der Waals surface area (Å²) in [5.41, 5.74) is 3.21. The molecular formula is C13H20N2. The highest BCUT2D eigenvalue weighted by atomic mass is 15.0. The molecule has 0 aliphatic heterocycles. The molecule has 0 atom stereocenters. The smallest absolute Gasteiger partial charge is 0.0613 e. The van der Waals surface area contributed by atoms with Crippen LogP contribution in [0.4, 0.5) is 0 Å². The molecule has 2 N–H and O–H groups in total. The molecule has 0 heterocycles. The second-order valence-electron chi connectivity index (χ2n) is 3.69. The van der Waals surface area contributed by atoms with Crippen molar-refractivity contribution < 1.29 is 0 Å². The van der Waals surface area contributed by atoms with Gasteiger partial charge in [-0.1, -0.05) is 25.3 Å². The maximum Gasteiger partial charge on any atom is 0.0613 e. The van der Waals surface area contributed by atoms with Crippen molar-refractivity contribution in [1.29, 1.82) is 0 Å². The first-order valence-electron chi connectivity index (χ1n) is 5.36. The molecule has 0 amide bonds. The molecule has 0 unspecified atom stereocenters.